The minimum Gasteiger partial charge on any atom is -0.496 e. The van der Waals surface area contributed by atoms with E-state index in [1.807, 2.05) is 71.0 Å². The molecule has 11 nitrogen and oxygen atoms in total. The first-order valence-electron chi connectivity index (χ1n) is 14.3. The van der Waals surface area contributed by atoms with Crippen molar-refractivity contribution < 1.29 is 33.3 Å². The highest BCUT2D eigenvalue weighted by Gasteiger charge is 2.36. The number of hydrogen-bond donors (Lipinski definition) is 2. The number of carbonyl (C=O) groups excluding carboxylic acids is 3. The molecule has 0 unspecified atom stereocenters. The number of ether oxygens (including phenoxy) is 4. The van der Waals surface area contributed by atoms with Crippen molar-refractivity contribution in [1.29, 1.82) is 0 Å². The topological polar surface area (TPSA) is 130 Å². The van der Waals surface area contributed by atoms with Crippen LogP contribution in [0, 0.1) is 0 Å². The lowest BCUT2D eigenvalue weighted by atomic mass is 9.80. The van der Waals surface area contributed by atoms with Gasteiger partial charge in [0.1, 0.15) is 35.8 Å². The maximum absolute atomic E-state index is 13.0. The van der Waals surface area contributed by atoms with Gasteiger partial charge < -0.3 is 29.6 Å². The summed E-state index contributed by atoms with van der Waals surface area (Å²) in [6.45, 7) is 9.60. The number of nitrogens with zero attached hydrogens (tertiary/aromatic N) is 2. The van der Waals surface area contributed by atoms with Crippen LogP contribution in [0.25, 0.3) is 0 Å². The summed E-state index contributed by atoms with van der Waals surface area (Å²) in [6.07, 6.45) is 1.35. The van der Waals surface area contributed by atoms with Crippen molar-refractivity contribution in [2.24, 2.45) is 0 Å². The molecule has 0 radical (unpaired) electrons. The number of nitrogens with one attached hydrogen (secondary N) is 2. The highest BCUT2D eigenvalue weighted by molar-refractivity contribution is 5.91. The van der Waals surface area contributed by atoms with Crippen LogP contribution in [0.15, 0.2) is 48.5 Å². The summed E-state index contributed by atoms with van der Waals surface area (Å²) in [7, 11) is 1.50. The van der Waals surface area contributed by atoms with Gasteiger partial charge in [0.05, 0.1) is 23.9 Å². The molecule has 1 aromatic heterocycles. The highest BCUT2D eigenvalue weighted by atomic mass is 16.6. The first-order valence-corrected chi connectivity index (χ1v) is 14.3. The van der Waals surface area contributed by atoms with E-state index in [0.717, 1.165) is 11.3 Å². The van der Waals surface area contributed by atoms with Gasteiger partial charge in [-0.2, -0.15) is 5.10 Å². The first-order chi connectivity index (χ1) is 20.5. The third kappa shape index (κ3) is 8.27. The van der Waals surface area contributed by atoms with Gasteiger partial charge in [0.2, 0.25) is 0 Å². The first kappa shape index (κ1) is 31.4. The number of alkyl carbamates (subject to hydrolysis) is 1. The van der Waals surface area contributed by atoms with E-state index in [2.05, 4.69) is 10.6 Å². The van der Waals surface area contributed by atoms with Crippen LogP contribution in [0.1, 0.15) is 75.0 Å². The van der Waals surface area contributed by atoms with Gasteiger partial charge in [-0.3, -0.25) is 9.59 Å². The van der Waals surface area contributed by atoms with Gasteiger partial charge in [-0.15, -0.1) is 0 Å². The molecule has 0 aliphatic heterocycles. The number of hydrogen-bond acceptors (Lipinski definition) is 8. The van der Waals surface area contributed by atoms with Gasteiger partial charge in [-0.05, 0) is 53.0 Å². The number of carbonyl (C=O) groups is 3. The predicted molar refractivity (Wildman–Crippen MR) is 161 cm³/mol. The van der Waals surface area contributed by atoms with Crippen LogP contribution >= 0.6 is 0 Å². The molecule has 0 bridgehead atoms. The molecule has 2 amide bonds. The Morgan fingerprint density at radius 3 is 2.35 bits per heavy atom. The SMILES string of the molecule is COc1cc(OCC(=O)Nc2cc(C3CC(OC(=O)NC(C)C)C3)nn2C(C)(C)C)c(C=O)c(OCc2ccccc2)c1. The van der Waals surface area contributed by atoms with E-state index in [0.29, 0.717) is 30.7 Å². The van der Waals surface area contributed by atoms with Crippen LogP contribution in [0.2, 0.25) is 0 Å². The maximum atomic E-state index is 13.0. The van der Waals surface area contributed by atoms with E-state index >= 15 is 0 Å². The molecule has 43 heavy (non-hydrogen) atoms. The van der Waals surface area contributed by atoms with E-state index in [1.165, 1.54) is 7.11 Å². The van der Waals surface area contributed by atoms with E-state index in [1.54, 1.807) is 16.8 Å². The second-order valence-electron chi connectivity index (χ2n) is 11.8. The number of amides is 2. The van der Waals surface area contributed by atoms with Gasteiger partial charge in [0.25, 0.3) is 5.91 Å². The Bertz CT molecular complexity index is 1420. The molecular weight excluding hydrogens is 552 g/mol. The normalized spacial score (nSPS) is 16.2. The quantitative estimate of drug-likeness (QED) is 0.266. The second-order valence-corrected chi connectivity index (χ2v) is 11.8. The van der Waals surface area contributed by atoms with Crippen molar-refractivity contribution in [3.63, 3.8) is 0 Å². The Morgan fingerprint density at radius 2 is 1.74 bits per heavy atom. The van der Waals surface area contributed by atoms with Crippen LogP contribution in [0.5, 0.6) is 17.2 Å². The molecule has 2 N–H and O–H groups in total. The van der Waals surface area contributed by atoms with E-state index < -0.39 is 17.5 Å². The van der Waals surface area contributed by atoms with E-state index in [-0.39, 0.29) is 48.3 Å². The minimum absolute atomic E-state index is 0.00461. The summed E-state index contributed by atoms with van der Waals surface area (Å²) < 4.78 is 24.3. The number of methoxy groups -OCH3 is 1. The Kier molecular flexibility index (Phi) is 9.95. The molecule has 11 heteroatoms. The van der Waals surface area contributed by atoms with Crippen molar-refractivity contribution in [2.45, 2.75) is 77.7 Å². The molecule has 1 fully saturated rings. The molecule has 1 saturated carbocycles. The maximum Gasteiger partial charge on any atom is 0.407 e. The lowest BCUT2D eigenvalue weighted by Crippen LogP contribution is -2.38. The number of benzene rings is 2. The van der Waals surface area contributed by atoms with Crippen LogP contribution in [0.3, 0.4) is 0 Å². The standard InChI is InChI=1S/C32H40N4O7/c1-20(2)33-31(39)43-24-12-22(13-24)26-16-29(36(35-26)32(3,4)5)34-30(38)19-42-28-15-23(40-6)14-27(25(28)17-37)41-18-21-10-8-7-9-11-21/h7-11,14-17,20,22,24H,12-13,18-19H2,1-6H3,(H,33,39)(H,34,38). The number of rotatable bonds is 12. The van der Waals surface area contributed by atoms with Gasteiger partial charge >= 0.3 is 6.09 Å². The average Bonchev–Trinajstić information content (AvgIpc) is 3.35. The summed E-state index contributed by atoms with van der Waals surface area (Å²) >= 11 is 0. The fourth-order valence-corrected chi connectivity index (χ4v) is 4.63. The molecule has 230 valence electrons. The molecule has 1 aliphatic carbocycles. The van der Waals surface area contributed by atoms with Crippen LogP contribution < -0.4 is 24.8 Å². The molecule has 2 aromatic carbocycles. The van der Waals surface area contributed by atoms with Crippen LogP contribution in [0.4, 0.5) is 10.6 Å². The molecule has 1 aliphatic rings. The zero-order valence-electron chi connectivity index (χ0n) is 25.5. The van der Waals surface area contributed by atoms with Gasteiger partial charge in [-0.1, -0.05) is 30.3 Å². The number of anilines is 1. The van der Waals surface area contributed by atoms with E-state index in [9.17, 15) is 14.4 Å². The van der Waals surface area contributed by atoms with Crippen LogP contribution in [-0.2, 0) is 21.7 Å². The van der Waals surface area contributed by atoms with Gasteiger partial charge in [0, 0.05) is 30.2 Å². The van der Waals surface area contributed by atoms with Crippen molar-refractivity contribution in [1.82, 2.24) is 15.1 Å². The summed E-state index contributed by atoms with van der Waals surface area (Å²) in [6, 6.07) is 14.5. The minimum atomic E-state index is -0.427. The molecule has 0 atom stereocenters. The second kappa shape index (κ2) is 13.6. The van der Waals surface area contributed by atoms with Crippen molar-refractivity contribution in [3.8, 4) is 17.2 Å². The summed E-state index contributed by atoms with van der Waals surface area (Å²) in [5.74, 6) is 1.07. The zero-order valence-corrected chi connectivity index (χ0v) is 25.5. The summed E-state index contributed by atoms with van der Waals surface area (Å²) in [5.41, 5.74) is 1.50. The summed E-state index contributed by atoms with van der Waals surface area (Å²) in [4.78, 5) is 37.0. The summed E-state index contributed by atoms with van der Waals surface area (Å²) in [5, 5.41) is 10.4. The Morgan fingerprint density at radius 1 is 1.07 bits per heavy atom. The molecule has 3 aromatic rings. The monoisotopic (exact) mass is 592 g/mol. The Balaban J connectivity index is 1.42. The van der Waals surface area contributed by atoms with Crippen LogP contribution in [-0.4, -0.2) is 53.9 Å². The number of aldehydes is 1. The Hall–Kier alpha value is -4.54. The smallest absolute Gasteiger partial charge is 0.407 e. The Labute approximate surface area is 251 Å². The lowest BCUT2D eigenvalue weighted by molar-refractivity contribution is -0.118. The third-order valence-corrected chi connectivity index (χ3v) is 6.85. The van der Waals surface area contributed by atoms with E-state index in [4.69, 9.17) is 24.0 Å². The molecular formula is C32H40N4O7. The predicted octanol–water partition coefficient (Wildman–Crippen LogP) is 5.44. The lowest BCUT2D eigenvalue weighted by Gasteiger charge is -2.33. The average molecular weight is 593 g/mol. The number of aromatic nitrogens is 2. The largest absolute Gasteiger partial charge is 0.496 e. The van der Waals surface area contributed by atoms with Gasteiger partial charge in [-0.25, -0.2) is 9.48 Å². The van der Waals surface area contributed by atoms with Gasteiger partial charge in [0.15, 0.2) is 12.9 Å². The highest BCUT2D eigenvalue weighted by Crippen LogP contribution is 2.40. The molecule has 1 heterocycles. The van der Waals surface area contributed by atoms with Crippen molar-refractivity contribution in [2.75, 3.05) is 19.0 Å². The van der Waals surface area contributed by atoms with Crippen molar-refractivity contribution in [3.05, 3.63) is 65.4 Å². The fourth-order valence-electron chi connectivity index (χ4n) is 4.63. The fraction of sp³-hybridized carbons (Fsp3) is 0.438. The zero-order chi connectivity index (χ0) is 31.1. The molecule has 4 rings (SSSR count). The van der Waals surface area contributed by atoms with Crippen molar-refractivity contribution >= 4 is 24.1 Å². The molecule has 0 spiro atoms. The third-order valence-electron chi connectivity index (χ3n) is 6.85. The molecule has 0 saturated heterocycles.